The summed E-state index contributed by atoms with van der Waals surface area (Å²) in [5, 5.41) is 31.6. The number of anilines is 2. The van der Waals surface area contributed by atoms with Crippen molar-refractivity contribution in [3.63, 3.8) is 0 Å². The molecular formula is C15H13N3O3S. The largest absolute Gasteiger partial charge is 0.508 e. The lowest BCUT2D eigenvalue weighted by Crippen LogP contribution is -1.89. The molecule has 6 nitrogen and oxygen atoms in total. The Balaban J connectivity index is 1.82. The molecule has 0 unspecified atom stereocenters. The molecule has 0 amide bonds. The molecule has 0 spiro atoms. The van der Waals surface area contributed by atoms with Crippen molar-refractivity contribution in [1.82, 2.24) is 10.2 Å². The van der Waals surface area contributed by atoms with Crippen molar-refractivity contribution in [1.29, 1.82) is 0 Å². The third kappa shape index (κ3) is 2.94. The molecule has 0 saturated carbocycles. The van der Waals surface area contributed by atoms with Gasteiger partial charge in [0.2, 0.25) is 5.13 Å². The molecule has 0 aliphatic rings. The number of benzene rings is 2. The van der Waals surface area contributed by atoms with Crippen LogP contribution in [-0.4, -0.2) is 27.5 Å². The summed E-state index contributed by atoms with van der Waals surface area (Å²) in [6.07, 6.45) is 0. The Morgan fingerprint density at radius 3 is 2.55 bits per heavy atom. The van der Waals surface area contributed by atoms with Crippen LogP contribution < -0.4 is 10.1 Å². The molecule has 0 saturated heterocycles. The maximum atomic E-state index is 9.84. The molecule has 3 aromatic rings. The highest BCUT2D eigenvalue weighted by atomic mass is 32.1. The van der Waals surface area contributed by atoms with Crippen LogP contribution in [0.15, 0.2) is 42.5 Å². The lowest BCUT2D eigenvalue weighted by atomic mass is 10.2. The molecule has 112 valence electrons. The van der Waals surface area contributed by atoms with E-state index in [2.05, 4.69) is 15.5 Å². The Labute approximate surface area is 130 Å². The van der Waals surface area contributed by atoms with Gasteiger partial charge in [-0.15, -0.1) is 10.2 Å². The molecule has 0 bridgehead atoms. The average Bonchev–Trinajstić information content (AvgIpc) is 2.99. The number of methoxy groups -OCH3 is 1. The zero-order valence-electron chi connectivity index (χ0n) is 11.6. The van der Waals surface area contributed by atoms with Gasteiger partial charge in [-0.05, 0) is 42.5 Å². The molecule has 0 aliphatic carbocycles. The van der Waals surface area contributed by atoms with Crippen LogP contribution in [0.2, 0.25) is 0 Å². The molecule has 1 heterocycles. The van der Waals surface area contributed by atoms with Crippen LogP contribution in [0.4, 0.5) is 10.8 Å². The fraction of sp³-hybridized carbons (Fsp3) is 0.0667. The van der Waals surface area contributed by atoms with E-state index >= 15 is 0 Å². The van der Waals surface area contributed by atoms with Gasteiger partial charge in [0, 0.05) is 5.69 Å². The topological polar surface area (TPSA) is 87.5 Å². The van der Waals surface area contributed by atoms with Gasteiger partial charge < -0.3 is 20.3 Å². The van der Waals surface area contributed by atoms with Gasteiger partial charge in [-0.3, -0.25) is 0 Å². The van der Waals surface area contributed by atoms with Crippen molar-refractivity contribution in [2.24, 2.45) is 0 Å². The number of phenols is 2. The molecule has 0 radical (unpaired) electrons. The van der Waals surface area contributed by atoms with Gasteiger partial charge in [-0.25, -0.2) is 0 Å². The number of nitrogens with zero attached hydrogens (tertiary/aromatic N) is 2. The summed E-state index contributed by atoms with van der Waals surface area (Å²) in [5.41, 5.74) is 1.30. The van der Waals surface area contributed by atoms with Gasteiger partial charge in [-0.1, -0.05) is 11.3 Å². The molecule has 0 aliphatic heterocycles. The van der Waals surface area contributed by atoms with Gasteiger partial charge in [0.25, 0.3) is 0 Å². The summed E-state index contributed by atoms with van der Waals surface area (Å²) in [4.78, 5) is 0. The number of aromatic nitrogens is 2. The molecule has 0 atom stereocenters. The van der Waals surface area contributed by atoms with E-state index in [0.717, 1.165) is 11.4 Å². The smallest absolute Gasteiger partial charge is 0.210 e. The monoisotopic (exact) mass is 315 g/mol. The van der Waals surface area contributed by atoms with Crippen molar-refractivity contribution in [2.75, 3.05) is 12.4 Å². The number of rotatable bonds is 4. The fourth-order valence-electron chi connectivity index (χ4n) is 1.88. The maximum Gasteiger partial charge on any atom is 0.210 e. The Kier molecular flexibility index (Phi) is 3.80. The standard InChI is InChI=1S/C15H13N3O3S/c1-21-11-5-2-9(3-6-11)16-15-18-17-14(22-15)12-8-10(19)4-7-13(12)20/h2-8,19-20H,1H3,(H,16,18). The number of hydrogen-bond acceptors (Lipinski definition) is 7. The first kappa shape index (κ1) is 14.2. The highest BCUT2D eigenvalue weighted by Crippen LogP contribution is 2.35. The lowest BCUT2D eigenvalue weighted by Gasteiger charge is -2.03. The van der Waals surface area contributed by atoms with E-state index in [9.17, 15) is 10.2 Å². The van der Waals surface area contributed by atoms with E-state index in [4.69, 9.17) is 4.74 Å². The summed E-state index contributed by atoms with van der Waals surface area (Å²) in [6, 6.07) is 11.7. The molecule has 22 heavy (non-hydrogen) atoms. The molecule has 2 aromatic carbocycles. The van der Waals surface area contributed by atoms with Crippen molar-refractivity contribution in [3.8, 4) is 27.8 Å². The van der Waals surface area contributed by atoms with Crippen molar-refractivity contribution in [2.45, 2.75) is 0 Å². The van der Waals surface area contributed by atoms with Crippen LogP contribution in [0.5, 0.6) is 17.2 Å². The first-order valence-electron chi connectivity index (χ1n) is 6.42. The maximum absolute atomic E-state index is 9.84. The first-order valence-corrected chi connectivity index (χ1v) is 7.24. The van der Waals surface area contributed by atoms with E-state index in [1.54, 1.807) is 7.11 Å². The summed E-state index contributed by atoms with van der Waals surface area (Å²) in [5.74, 6) is 0.880. The summed E-state index contributed by atoms with van der Waals surface area (Å²) < 4.78 is 5.10. The lowest BCUT2D eigenvalue weighted by molar-refractivity contribution is 0.415. The van der Waals surface area contributed by atoms with Crippen molar-refractivity contribution in [3.05, 3.63) is 42.5 Å². The number of nitrogens with one attached hydrogen (secondary N) is 1. The number of phenolic OH excluding ortho intramolecular Hbond substituents is 2. The van der Waals surface area contributed by atoms with Gasteiger partial charge in [-0.2, -0.15) is 0 Å². The van der Waals surface area contributed by atoms with Crippen molar-refractivity contribution < 1.29 is 14.9 Å². The second-order valence-electron chi connectivity index (χ2n) is 4.47. The summed E-state index contributed by atoms with van der Waals surface area (Å²) >= 11 is 1.28. The van der Waals surface area contributed by atoms with E-state index in [-0.39, 0.29) is 11.5 Å². The van der Waals surface area contributed by atoms with Gasteiger partial charge in [0.05, 0.1) is 12.7 Å². The average molecular weight is 315 g/mol. The van der Waals surface area contributed by atoms with Crippen LogP contribution in [-0.2, 0) is 0 Å². The minimum Gasteiger partial charge on any atom is -0.508 e. The first-order chi connectivity index (χ1) is 10.7. The quantitative estimate of drug-likeness (QED) is 0.640. The zero-order chi connectivity index (χ0) is 15.5. The highest BCUT2D eigenvalue weighted by Gasteiger charge is 2.12. The van der Waals surface area contributed by atoms with E-state index in [0.29, 0.717) is 15.7 Å². The Morgan fingerprint density at radius 1 is 1.05 bits per heavy atom. The van der Waals surface area contributed by atoms with Crippen LogP contribution in [0.3, 0.4) is 0 Å². The zero-order valence-corrected chi connectivity index (χ0v) is 12.5. The Morgan fingerprint density at radius 2 is 1.82 bits per heavy atom. The summed E-state index contributed by atoms with van der Waals surface area (Å²) in [7, 11) is 1.61. The van der Waals surface area contributed by atoms with Crippen LogP contribution in [0, 0.1) is 0 Å². The number of hydrogen-bond donors (Lipinski definition) is 3. The normalized spacial score (nSPS) is 10.4. The second-order valence-corrected chi connectivity index (χ2v) is 5.44. The second kappa shape index (κ2) is 5.90. The van der Waals surface area contributed by atoms with E-state index < -0.39 is 0 Å². The minimum absolute atomic E-state index is 0.0462. The Bertz CT molecular complexity index is 787. The SMILES string of the molecule is COc1ccc(Nc2nnc(-c3cc(O)ccc3O)s2)cc1. The van der Waals surface area contributed by atoms with Gasteiger partial charge in [0.15, 0.2) is 5.01 Å². The number of ether oxygens (including phenoxy) is 1. The molecular weight excluding hydrogens is 302 g/mol. The molecule has 3 rings (SSSR count). The van der Waals surface area contributed by atoms with Crippen LogP contribution in [0.25, 0.3) is 10.6 Å². The van der Waals surface area contributed by atoms with Crippen LogP contribution in [0.1, 0.15) is 0 Å². The third-order valence-corrected chi connectivity index (χ3v) is 3.85. The van der Waals surface area contributed by atoms with Gasteiger partial charge in [0.1, 0.15) is 17.2 Å². The Hall–Kier alpha value is -2.80. The number of aromatic hydroxyl groups is 2. The van der Waals surface area contributed by atoms with E-state index in [1.807, 2.05) is 24.3 Å². The highest BCUT2D eigenvalue weighted by molar-refractivity contribution is 7.18. The van der Waals surface area contributed by atoms with Crippen molar-refractivity contribution >= 4 is 22.2 Å². The van der Waals surface area contributed by atoms with E-state index in [1.165, 1.54) is 29.5 Å². The molecule has 1 aromatic heterocycles. The molecule has 7 heteroatoms. The molecule has 3 N–H and O–H groups in total. The summed E-state index contributed by atoms with van der Waals surface area (Å²) in [6.45, 7) is 0. The van der Waals surface area contributed by atoms with Gasteiger partial charge >= 0.3 is 0 Å². The van der Waals surface area contributed by atoms with Crippen LogP contribution >= 0.6 is 11.3 Å². The predicted molar refractivity (Wildman–Crippen MR) is 85.0 cm³/mol. The minimum atomic E-state index is 0.0462. The predicted octanol–water partition coefficient (Wildman–Crippen LogP) is 3.37. The molecule has 0 fully saturated rings. The third-order valence-electron chi connectivity index (χ3n) is 2.98. The fourth-order valence-corrected chi connectivity index (χ4v) is 2.66.